The van der Waals surface area contributed by atoms with Crippen LogP contribution in [-0.4, -0.2) is 4.98 Å². The molecule has 0 fully saturated rings. The number of nitrogens with zero attached hydrogens (tertiary/aromatic N) is 1. The van der Waals surface area contributed by atoms with Gasteiger partial charge >= 0.3 is 0 Å². The fourth-order valence-electron chi connectivity index (χ4n) is 2.82. The van der Waals surface area contributed by atoms with Gasteiger partial charge in [-0.2, -0.15) is 0 Å². The molecule has 3 aromatic rings. The smallest absolute Gasteiger partial charge is 0.0709 e. The van der Waals surface area contributed by atoms with Crippen molar-refractivity contribution in [3.8, 4) is 11.3 Å². The van der Waals surface area contributed by atoms with Gasteiger partial charge in [-0.3, -0.25) is 0 Å². The van der Waals surface area contributed by atoms with Crippen molar-refractivity contribution in [3.63, 3.8) is 0 Å². The first kappa shape index (κ1) is 14.8. The zero-order valence-corrected chi connectivity index (χ0v) is 13.6. The van der Waals surface area contributed by atoms with Gasteiger partial charge in [0.1, 0.15) is 0 Å². The van der Waals surface area contributed by atoms with E-state index in [-0.39, 0.29) is 0 Å². The molecule has 0 bridgehead atoms. The van der Waals surface area contributed by atoms with Gasteiger partial charge in [-0.25, -0.2) is 4.98 Å². The second kappa shape index (κ2) is 6.31. The van der Waals surface area contributed by atoms with E-state index in [1.54, 1.807) is 0 Å². The number of benzene rings is 2. The van der Waals surface area contributed by atoms with Crippen LogP contribution in [0.4, 0.5) is 0 Å². The van der Waals surface area contributed by atoms with E-state index in [9.17, 15) is 0 Å². The summed E-state index contributed by atoms with van der Waals surface area (Å²) in [6, 6.07) is 19.5. The highest BCUT2D eigenvalue weighted by Gasteiger charge is 2.09. The molecule has 0 aliphatic heterocycles. The quantitative estimate of drug-likeness (QED) is 0.576. The highest BCUT2D eigenvalue weighted by Crippen LogP contribution is 2.28. The van der Waals surface area contributed by atoms with Crippen LogP contribution in [0.15, 0.2) is 54.6 Å². The predicted octanol–water partition coefficient (Wildman–Crippen LogP) is 5.98. The maximum Gasteiger partial charge on any atom is 0.0709 e. The van der Waals surface area contributed by atoms with Gasteiger partial charge in [0, 0.05) is 10.9 Å². The number of pyridine rings is 1. The molecule has 112 valence electrons. The minimum atomic E-state index is 0.589. The molecular formula is C21H23N. The molecule has 1 atom stereocenters. The average Bonchev–Trinajstić information content (AvgIpc) is 2.60. The Labute approximate surface area is 133 Å². The van der Waals surface area contributed by atoms with E-state index in [0.29, 0.717) is 5.92 Å². The lowest BCUT2D eigenvalue weighted by atomic mass is 9.93. The van der Waals surface area contributed by atoms with Crippen molar-refractivity contribution < 1.29 is 0 Å². The van der Waals surface area contributed by atoms with E-state index >= 15 is 0 Å². The van der Waals surface area contributed by atoms with Gasteiger partial charge in [-0.05, 0) is 54.2 Å². The van der Waals surface area contributed by atoms with Crippen LogP contribution in [0.3, 0.4) is 0 Å². The molecule has 0 N–H and O–H groups in total. The minimum absolute atomic E-state index is 0.589. The SMILES string of the molecule is CCc1cc(-c2ccc3ccccc3n2)cc(C(C)CC)c1. The lowest BCUT2D eigenvalue weighted by Crippen LogP contribution is -1.96. The molecule has 1 aromatic heterocycles. The second-order valence-corrected chi connectivity index (χ2v) is 6.02. The standard InChI is InChI=1S/C21H23N/c1-4-15(3)18-12-16(5-2)13-19(14-18)21-11-10-17-8-6-7-9-20(17)22-21/h6-15H,4-5H2,1-3H3. The largest absolute Gasteiger partial charge is 0.248 e. The Morgan fingerprint density at radius 1 is 0.955 bits per heavy atom. The molecule has 0 amide bonds. The first-order valence-corrected chi connectivity index (χ1v) is 8.21. The maximum atomic E-state index is 4.85. The van der Waals surface area contributed by atoms with Crippen molar-refractivity contribution in [2.24, 2.45) is 0 Å². The summed E-state index contributed by atoms with van der Waals surface area (Å²) >= 11 is 0. The molecular weight excluding hydrogens is 266 g/mol. The fraction of sp³-hybridized carbons (Fsp3) is 0.286. The van der Waals surface area contributed by atoms with E-state index in [2.05, 4.69) is 69.3 Å². The first-order valence-electron chi connectivity index (χ1n) is 8.21. The first-order chi connectivity index (χ1) is 10.7. The Balaban J connectivity index is 2.12. The Hall–Kier alpha value is -2.15. The molecule has 2 aromatic carbocycles. The van der Waals surface area contributed by atoms with Crippen molar-refractivity contribution in [2.45, 2.75) is 39.5 Å². The highest BCUT2D eigenvalue weighted by molar-refractivity contribution is 5.81. The van der Waals surface area contributed by atoms with E-state index in [1.807, 2.05) is 6.07 Å². The molecule has 3 rings (SSSR count). The summed E-state index contributed by atoms with van der Waals surface area (Å²) in [7, 11) is 0. The summed E-state index contributed by atoms with van der Waals surface area (Å²) in [5, 5.41) is 1.19. The summed E-state index contributed by atoms with van der Waals surface area (Å²) < 4.78 is 0. The van der Waals surface area contributed by atoms with E-state index in [1.165, 1.54) is 22.1 Å². The van der Waals surface area contributed by atoms with Gasteiger partial charge < -0.3 is 0 Å². The Morgan fingerprint density at radius 2 is 1.77 bits per heavy atom. The minimum Gasteiger partial charge on any atom is -0.248 e. The Kier molecular flexibility index (Phi) is 4.24. The molecule has 1 heterocycles. The Morgan fingerprint density at radius 3 is 2.55 bits per heavy atom. The van der Waals surface area contributed by atoms with Crippen molar-refractivity contribution in [2.75, 3.05) is 0 Å². The van der Waals surface area contributed by atoms with Crippen molar-refractivity contribution in [1.82, 2.24) is 4.98 Å². The normalized spacial score (nSPS) is 12.5. The number of hydrogen-bond donors (Lipinski definition) is 0. The summed E-state index contributed by atoms with van der Waals surface area (Å²) in [6.45, 7) is 6.76. The monoisotopic (exact) mass is 289 g/mol. The zero-order valence-electron chi connectivity index (χ0n) is 13.6. The lowest BCUT2D eigenvalue weighted by molar-refractivity contribution is 0.732. The van der Waals surface area contributed by atoms with Crippen LogP contribution < -0.4 is 0 Å². The van der Waals surface area contributed by atoms with Crippen LogP contribution in [0.25, 0.3) is 22.2 Å². The second-order valence-electron chi connectivity index (χ2n) is 6.02. The highest BCUT2D eigenvalue weighted by atomic mass is 14.7. The third kappa shape index (κ3) is 2.89. The van der Waals surface area contributed by atoms with E-state index in [4.69, 9.17) is 4.98 Å². The Bertz CT molecular complexity index is 789. The fourth-order valence-corrected chi connectivity index (χ4v) is 2.82. The van der Waals surface area contributed by atoms with Gasteiger partial charge in [-0.15, -0.1) is 0 Å². The molecule has 0 aliphatic rings. The van der Waals surface area contributed by atoms with Crippen LogP contribution >= 0.6 is 0 Å². The molecule has 0 aliphatic carbocycles. The van der Waals surface area contributed by atoms with Gasteiger partial charge in [0.05, 0.1) is 11.2 Å². The molecule has 1 unspecified atom stereocenters. The van der Waals surface area contributed by atoms with Crippen molar-refractivity contribution in [3.05, 3.63) is 65.7 Å². The average molecular weight is 289 g/mol. The van der Waals surface area contributed by atoms with Gasteiger partial charge in [0.15, 0.2) is 0 Å². The zero-order chi connectivity index (χ0) is 15.5. The number of hydrogen-bond acceptors (Lipinski definition) is 1. The summed E-state index contributed by atoms with van der Waals surface area (Å²) in [6.07, 6.45) is 2.22. The number of aromatic nitrogens is 1. The van der Waals surface area contributed by atoms with Crippen LogP contribution in [0.5, 0.6) is 0 Å². The molecule has 0 saturated carbocycles. The number of fused-ring (bicyclic) bond motifs is 1. The number of rotatable bonds is 4. The van der Waals surface area contributed by atoms with Crippen LogP contribution in [0.1, 0.15) is 44.2 Å². The molecule has 1 heteroatoms. The van der Waals surface area contributed by atoms with Crippen LogP contribution in [-0.2, 0) is 6.42 Å². The van der Waals surface area contributed by atoms with E-state index < -0.39 is 0 Å². The summed E-state index contributed by atoms with van der Waals surface area (Å²) in [4.78, 5) is 4.85. The van der Waals surface area contributed by atoms with Crippen LogP contribution in [0, 0.1) is 0 Å². The number of para-hydroxylation sites is 1. The van der Waals surface area contributed by atoms with Crippen molar-refractivity contribution >= 4 is 10.9 Å². The van der Waals surface area contributed by atoms with Crippen molar-refractivity contribution in [1.29, 1.82) is 0 Å². The molecule has 1 nitrogen and oxygen atoms in total. The van der Waals surface area contributed by atoms with E-state index in [0.717, 1.165) is 24.1 Å². The third-order valence-electron chi connectivity index (χ3n) is 4.50. The molecule has 0 spiro atoms. The topological polar surface area (TPSA) is 12.9 Å². The maximum absolute atomic E-state index is 4.85. The molecule has 22 heavy (non-hydrogen) atoms. The summed E-state index contributed by atoms with van der Waals surface area (Å²) in [5.74, 6) is 0.589. The lowest BCUT2D eigenvalue weighted by Gasteiger charge is -2.13. The van der Waals surface area contributed by atoms with Crippen LogP contribution in [0.2, 0.25) is 0 Å². The van der Waals surface area contributed by atoms with Gasteiger partial charge in [0.2, 0.25) is 0 Å². The number of aryl methyl sites for hydroxylation is 1. The van der Waals surface area contributed by atoms with Gasteiger partial charge in [0.25, 0.3) is 0 Å². The van der Waals surface area contributed by atoms with Gasteiger partial charge in [-0.1, -0.05) is 51.1 Å². The molecule has 0 saturated heterocycles. The predicted molar refractivity (Wildman–Crippen MR) is 95.3 cm³/mol. The molecule has 0 radical (unpaired) electrons. The third-order valence-corrected chi connectivity index (χ3v) is 4.50. The summed E-state index contributed by atoms with van der Waals surface area (Å²) in [5.41, 5.74) is 6.18.